The fraction of sp³-hybridized carbons (Fsp3) is 0. The van der Waals surface area contributed by atoms with Gasteiger partial charge in [-0.15, -0.1) is 0 Å². The van der Waals surface area contributed by atoms with Gasteiger partial charge in [-0.2, -0.15) is 0 Å². The van der Waals surface area contributed by atoms with Crippen molar-refractivity contribution in [3.63, 3.8) is 0 Å². The van der Waals surface area contributed by atoms with Crippen molar-refractivity contribution in [1.82, 2.24) is 0 Å². The number of phenolic OH excluding ortho intramolecular Hbond substituents is 2. The van der Waals surface area contributed by atoms with Crippen molar-refractivity contribution in [3.05, 3.63) is 251 Å². The lowest BCUT2D eigenvalue weighted by atomic mass is 9.87. The van der Waals surface area contributed by atoms with Gasteiger partial charge in [0.25, 0.3) is 0 Å². The van der Waals surface area contributed by atoms with Crippen molar-refractivity contribution >= 4 is 32.9 Å². The van der Waals surface area contributed by atoms with E-state index in [1.807, 2.05) is 170 Å². The van der Waals surface area contributed by atoms with E-state index >= 15 is 0 Å². The number of phenols is 2. The molecule has 0 fully saturated rings. The van der Waals surface area contributed by atoms with Crippen molar-refractivity contribution < 1.29 is 19.7 Å². The van der Waals surface area contributed by atoms with Gasteiger partial charge in [0.05, 0.1) is 11.4 Å². The van der Waals surface area contributed by atoms with Gasteiger partial charge in [-0.25, -0.2) is 0 Å². The minimum absolute atomic E-state index is 0.0647. The predicted molar refractivity (Wildman–Crippen MR) is 282 cm³/mol. The number of benzene rings is 10. The molecule has 0 aliphatic heterocycles. The lowest BCUT2D eigenvalue weighted by Crippen LogP contribution is -1.98. The number of fused-ring (bicyclic) bond motifs is 2. The molecule has 10 aromatic rings. The lowest BCUT2D eigenvalue weighted by Gasteiger charge is -2.21. The first-order valence-electron chi connectivity index (χ1n) is 22.4. The number of rotatable bonds is 5. The van der Waals surface area contributed by atoms with Crippen LogP contribution in [0.5, 0.6) is 34.5 Å². The molecule has 0 aliphatic carbocycles. The quantitative estimate of drug-likeness (QED) is 0.0778. The molecule has 70 heavy (non-hydrogen) atoms. The molecular weight excluding hydrogens is 861 g/mol. The highest BCUT2D eigenvalue weighted by Crippen LogP contribution is 2.49. The monoisotopic (exact) mass is 900 g/mol. The molecule has 0 saturated carbocycles. The summed E-state index contributed by atoms with van der Waals surface area (Å²) < 4.78 is 13.7. The highest BCUT2D eigenvalue weighted by atomic mass is 16.5. The molecule has 330 valence electrons. The average molecular weight is 901 g/mol. The Kier molecular flexibility index (Phi) is 12.3. The first-order valence-corrected chi connectivity index (χ1v) is 22.4. The maximum Gasteiger partial charge on any atom is 0.138 e. The van der Waals surface area contributed by atoms with Gasteiger partial charge < -0.3 is 31.2 Å². The third-order valence-electron chi connectivity index (χ3n) is 11.5. The Hall–Kier alpha value is -10.2. The lowest BCUT2D eigenvalue weighted by molar-refractivity contribution is 0.465. The largest absolute Gasteiger partial charge is 0.506 e. The maximum atomic E-state index is 10.4. The number of ether oxygens (including phenoxy) is 2. The second-order valence-corrected chi connectivity index (χ2v) is 16.2. The molecule has 0 bridgehead atoms. The van der Waals surface area contributed by atoms with E-state index in [1.54, 1.807) is 24.3 Å². The zero-order valence-electron chi connectivity index (χ0n) is 37.5. The molecule has 0 radical (unpaired) electrons. The second kappa shape index (κ2) is 19.7. The van der Waals surface area contributed by atoms with Crippen molar-refractivity contribution in [1.29, 1.82) is 0 Å². The van der Waals surface area contributed by atoms with Crippen molar-refractivity contribution in [3.8, 4) is 93.0 Å². The van der Waals surface area contributed by atoms with Crippen LogP contribution < -0.4 is 20.9 Å². The summed E-state index contributed by atoms with van der Waals surface area (Å²) in [5, 5.41) is 24.0. The van der Waals surface area contributed by atoms with E-state index in [0.29, 0.717) is 45.3 Å². The fourth-order valence-corrected chi connectivity index (χ4v) is 8.02. The number of hydrogen-bond acceptors (Lipinski definition) is 6. The summed E-state index contributed by atoms with van der Waals surface area (Å²) in [6.45, 7) is 0. The van der Waals surface area contributed by atoms with Crippen LogP contribution in [0.1, 0.15) is 44.5 Å². The van der Waals surface area contributed by atoms with Gasteiger partial charge in [-0.1, -0.05) is 132 Å². The van der Waals surface area contributed by atoms with Gasteiger partial charge in [0.15, 0.2) is 0 Å². The van der Waals surface area contributed by atoms with E-state index in [2.05, 4.69) is 47.4 Å². The summed E-state index contributed by atoms with van der Waals surface area (Å²) in [7, 11) is 0. The Bertz CT molecular complexity index is 3620. The highest BCUT2D eigenvalue weighted by molar-refractivity contribution is 6.12. The normalized spacial score (nSPS) is 10.3. The molecule has 0 aliphatic rings. The van der Waals surface area contributed by atoms with Crippen molar-refractivity contribution in [2.24, 2.45) is 0 Å². The van der Waals surface area contributed by atoms with Crippen molar-refractivity contribution in [2.45, 2.75) is 0 Å². The minimum atomic E-state index is -0.0647. The summed E-state index contributed by atoms with van der Waals surface area (Å²) in [4.78, 5) is 0. The van der Waals surface area contributed by atoms with Crippen LogP contribution in [0.25, 0.3) is 32.7 Å². The second-order valence-electron chi connectivity index (χ2n) is 16.2. The molecule has 0 atom stereocenters. The molecule has 10 aromatic carbocycles. The third-order valence-corrected chi connectivity index (χ3v) is 11.5. The summed E-state index contributed by atoms with van der Waals surface area (Å²) in [5.74, 6) is 28.9. The van der Waals surface area contributed by atoms with E-state index in [9.17, 15) is 10.2 Å². The SMILES string of the molecule is Nc1cc(Oc2ccc3c(C#Cc4ccccc4)c(C#Cc4ccccc4)ccc3c2-c2c(Oc3ccc(O)c(N)c3)ccc3c(C#Cc4ccccc4)c(C#Cc4ccccc4)ccc23)ccc1O. The van der Waals surface area contributed by atoms with Crippen LogP contribution in [-0.2, 0) is 0 Å². The van der Waals surface area contributed by atoms with E-state index in [0.717, 1.165) is 54.9 Å². The minimum Gasteiger partial charge on any atom is -0.506 e. The predicted octanol–water partition coefficient (Wildman–Crippen LogP) is 13.4. The van der Waals surface area contributed by atoms with Gasteiger partial charge in [-0.05, 0) is 131 Å². The molecule has 10 rings (SSSR count). The van der Waals surface area contributed by atoms with Gasteiger partial charge in [0.2, 0.25) is 0 Å². The van der Waals surface area contributed by atoms with Crippen LogP contribution in [0.4, 0.5) is 11.4 Å². The first kappa shape index (κ1) is 43.6. The van der Waals surface area contributed by atoms with Crippen LogP contribution in [-0.4, -0.2) is 10.2 Å². The Morgan fingerprint density at radius 2 is 0.643 bits per heavy atom. The molecule has 0 saturated heterocycles. The molecule has 6 N–H and O–H groups in total. The molecule has 6 nitrogen and oxygen atoms in total. The zero-order chi connectivity index (χ0) is 47.8. The van der Waals surface area contributed by atoms with Gasteiger partial charge in [0, 0.05) is 67.8 Å². The van der Waals surface area contributed by atoms with E-state index in [1.165, 1.54) is 12.1 Å². The summed E-state index contributed by atoms with van der Waals surface area (Å²) in [5.41, 5.74) is 20.5. The average Bonchev–Trinajstić information content (AvgIpc) is 3.39. The maximum absolute atomic E-state index is 10.4. The smallest absolute Gasteiger partial charge is 0.138 e. The molecule has 6 heteroatoms. The van der Waals surface area contributed by atoms with Crippen LogP contribution in [0.3, 0.4) is 0 Å². The highest BCUT2D eigenvalue weighted by Gasteiger charge is 2.24. The molecule has 0 aromatic heterocycles. The van der Waals surface area contributed by atoms with Gasteiger partial charge >= 0.3 is 0 Å². The molecule has 0 spiro atoms. The molecule has 0 unspecified atom stereocenters. The summed E-state index contributed by atoms with van der Waals surface area (Å²) >= 11 is 0. The Morgan fingerprint density at radius 3 is 0.986 bits per heavy atom. The summed E-state index contributed by atoms with van der Waals surface area (Å²) in [6, 6.07) is 64.6. The number of nitrogen functional groups attached to an aromatic ring is 2. The van der Waals surface area contributed by atoms with Gasteiger partial charge in [0.1, 0.15) is 34.5 Å². The number of hydrogen-bond donors (Lipinski definition) is 4. The summed E-state index contributed by atoms with van der Waals surface area (Å²) in [6.07, 6.45) is 0. The fourth-order valence-electron chi connectivity index (χ4n) is 8.02. The Balaban J connectivity index is 1.30. The van der Waals surface area contributed by atoms with E-state index in [-0.39, 0.29) is 22.9 Å². The number of anilines is 2. The Morgan fingerprint density at radius 1 is 0.314 bits per heavy atom. The van der Waals surface area contributed by atoms with Crippen molar-refractivity contribution in [2.75, 3.05) is 11.5 Å². The first-order chi connectivity index (χ1) is 34.3. The van der Waals surface area contributed by atoms with Crippen LogP contribution in [0, 0.1) is 47.4 Å². The topological polar surface area (TPSA) is 111 Å². The molecule has 0 amide bonds. The van der Waals surface area contributed by atoms with Crippen LogP contribution >= 0.6 is 0 Å². The van der Waals surface area contributed by atoms with E-state index < -0.39 is 0 Å². The van der Waals surface area contributed by atoms with Crippen LogP contribution in [0.15, 0.2) is 206 Å². The number of nitrogens with two attached hydrogens (primary N) is 2. The third kappa shape index (κ3) is 9.53. The number of aromatic hydroxyl groups is 2. The molecular formula is C64H40N2O4. The van der Waals surface area contributed by atoms with Crippen LogP contribution in [0.2, 0.25) is 0 Å². The Labute approximate surface area is 406 Å². The zero-order valence-corrected chi connectivity index (χ0v) is 37.5. The standard InChI is InChI=1S/C64H40N2O4/c65-57-41-49(29-37-59(57)67)69-61-39-35-53-51(31-23-45-17-9-3-10-18-45)47(25-21-43-13-5-1-6-14-43)27-33-55(53)63(61)64-56-34-28-48(26-22-44-15-7-2-8-16-44)52(32-24-46-19-11-4-12-20-46)54(56)36-40-62(64)70-50-30-38-60(68)58(66)42-50/h1-20,27-30,33-42,67-68H,65-66H2. The molecule has 0 heterocycles. The van der Waals surface area contributed by atoms with E-state index in [4.69, 9.17) is 20.9 Å². The van der Waals surface area contributed by atoms with Gasteiger partial charge in [-0.3, -0.25) is 0 Å².